The van der Waals surface area contributed by atoms with E-state index in [1.165, 1.54) is 28.9 Å². The quantitative estimate of drug-likeness (QED) is 0.819. The second-order valence-corrected chi connectivity index (χ2v) is 3.95. The van der Waals surface area contributed by atoms with Crippen LogP contribution < -0.4 is 10.1 Å². The van der Waals surface area contributed by atoms with Gasteiger partial charge in [-0.15, -0.1) is 0 Å². The highest BCUT2D eigenvalue weighted by molar-refractivity contribution is 5.92. The number of carbonyl (C=O) groups is 1. The summed E-state index contributed by atoms with van der Waals surface area (Å²) in [6, 6.07) is 7.15. The summed E-state index contributed by atoms with van der Waals surface area (Å²) < 4.78 is 19.5. The largest absolute Gasteiger partial charge is 0.471 e. The number of nitrogens with one attached hydrogen (secondary N) is 1. The van der Waals surface area contributed by atoms with Crippen molar-refractivity contribution in [2.45, 2.75) is 6.73 Å². The Morgan fingerprint density at radius 1 is 1.35 bits per heavy atom. The zero-order valence-corrected chi connectivity index (χ0v) is 10.6. The van der Waals surface area contributed by atoms with Gasteiger partial charge in [-0.25, -0.2) is 9.07 Å². The maximum absolute atomic E-state index is 12.7. The van der Waals surface area contributed by atoms with Gasteiger partial charge in [-0.05, 0) is 30.3 Å². The van der Waals surface area contributed by atoms with Crippen molar-refractivity contribution < 1.29 is 19.0 Å². The van der Waals surface area contributed by atoms with Crippen LogP contribution in [-0.2, 0) is 6.73 Å². The lowest BCUT2D eigenvalue weighted by Gasteiger charge is -2.05. The molecule has 0 aliphatic rings. The summed E-state index contributed by atoms with van der Waals surface area (Å²) in [5.41, 5.74) is 0.237. The molecule has 0 unspecified atom stereocenters. The van der Waals surface area contributed by atoms with Gasteiger partial charge in [-0.1, -0.05) is 0 Å². The summed E-state index contributed by atoms with van der Waals surface area (Å²) in [5, 5.41) is 15.1. The van der Waals surface area contributed by atoms with Crippen LogP contribution in [0.15, 0.2) is 36.5 Å². The Morgan fingerprint density at radius 2 is 2.10 bits per heavy atom. The Kier molecular flexibility index (Phi) is 4.67. The number of aliphatic hydroxyl groups excluding tert-OH is 1. The van der Waals surface area contributed by atoms with Crippen LogP contribution >= 0.6 is 0 Å². The number of aliphatic hydroxyl groups is 1. The molecular formula is C13H14FN3O3. The molecule has 0 spiro atoms. The number of amides is 1. The van der Waals surface area contributed by atoms with Crippen LogP contribution in [0, 0.1) is 5.82 Å². The predicted molar refractivity (Wildman–Crippen MR) is 68.7 cm³/mol. The van der Waals surface area contributed by atoms with Crippen molar-refractivity contribution in [2.24, 2.45) is 0 Å². The zero-order valence-electron chi connectivity index (χ0n) is 10.6. The summed E-state index contributed by atoms with van der Waals surface area (Å²) in [6.45, 7) is 0.164. The molecule has 0 saturated heterocycles. The molecule has 1 amide bonds. The van der Waals surface area contributed by atoms with E-state index in [0.717, 1.165) is 0 Å². The summed E-state index contributed by atoms with van der Waals surface area (Å²) in [7, 11) is 0. The highest BCUT2D eigenvalue weighted by Crippen LogP contribution is 2.11. The van der Waals surface area contributed by atoms with Crippen molar-refractivity contribution in [1.29, 1.82) is 0 Å². The van der Waals surface area contributed by atoms with Crippen LogP contribution in [0.1, 0.15) is 10.5 Å². The minimum Gasteiger partial charge on any atom is -0.471 e. The monoisotopic (exact) mass is 279 g/mol. The third-order valence-corrected chi connectivity index (χ3v) is 2.45. The highest BCUT2D eigenvalue weighted by Gasteiger charge is 2.08. The summed E-state index contributed by atoms with van der Waals surface area (Å²) >= 11 is 0. The summed E-state index contributed by atoms with van der Waals surface area (Å²) in [5.74, 6) is -0.188. The van der Waals surface area contributed by atoms with Crippen molar-refractivity contribution in [2.75, 3.05) is 13.2 Å². The summed E-state index contributed by atoms with van der Waals surface area (Å²) in [6.07, 6.45) is 1.59. The Labute approximate surface area is 114 Å². The maximum Gasteiger partial charge on any atom is 0.271 e. The van der Waals surface area contributed by atoms with Crippen LogP contribution in [-0.4, -0.2) is 33.9 Å². The van der Waals surface area contributed by atoms with Gasteiger partial charge in [0.05, 0.1) is 6.61 Å². The molecule has 0 aliphatic heterocycles. The number of nitrogens with zero attached hydrogens (tertiary/aromatic N) is 2. The second kappa shape index (κ2) is 6.67. The number of carbonyl (C=O) groups excluding carboxylic acids is 1. The Hall–Kier alpha value is -2.41. The first-order chi connectivity index (χ1) is 9.69. The second-order valence-electron chi connectivity index (χ2n) is 3.95. The first kappa shape index (κ1) is 14.0. The fraction of sp³-hybridized carbons (Fsp3) is 0.231. The van der Waals surface area contributed by atoms with E-state index in [9.17, 15) is 9.18 Å². The van der Waals surface area contributed by atoms with Gasteiger partial charge in [-0.2, -0.15) is 5.10 Å². The van der Waals surface area contributed by atoms with Gasteiger partial charge in [0.25, 0.3) is 5.91 Å². The third-order valence-electron chi connectivity index (χ3n) is 2.45. The first-order valence-corrected chi connectivity index (χ1v) is 6.00. The average Bonchev–Trinajstić information content (AvgIpc) is 2.93. The van der Waals surface area contributed by atoms with Crippen molar-refractivity contribution in [3.63, 3.8) is 0 Å². The molecule has 1 aromatic heterocycles. The van der Waals surface area contributed by atoms with Crippen LogP contribution in [0.25, 0.3) is 0 Å². The van der Waals surface area contributed by atoms with Gasteiger partial charge in [0.2, 0.25) is 0 Å². The van der Waals surface area contributed by atoms with E-state index < -0.39 is 0 Å². The van der Waals surface area contributed by atoms with E-state index in [4.69, 9.17) is 9.84 Å². The average molecular weight is 279 g/mol. The van der Waals surface area contributed by atoms with Crippen LogP contribution in [0.3, 0.4) is 0 Å². The molecule has 6 nitrogen and oxygen atoms in total. The van der Waals surface area contributed by atoms with E-state index in [2.05, 4.69) is 10.4 Å². The van der Waals surface area contributed by atoms with Crippen molar-refractivity contribution in [3.8, 4) is 5.75 Å². The maximum atomic E-state index is 12.7. The fourth-order valence-corrected chi connectivity index (χ4v) is 1.49. The van der Waals surface area contributed by atoms with Gasteiger partial charge in [0.15, 0.2) is 6.73 Å². The molecule has 1 heterocycles. The Balaban J connectivity index is 1.89. The van der Waals surface area contributed by atoms with Crippen molar-refractivity contribution >= 4 is 5.91 Å². The minimum absolute atomic E-state index is 0.110. The summed E-state index contributed by atoms with van der Waals surface area (Å²) in [4.78, 5) is 11.5. The van der Waals surface area contributed by atoms with Gasteiger partial charge < -0.3 is 15.2 Å². The molecule has 106 valence electrons. The Morgan fingerprint density at radius 3 is 2.80 bits per heavy atom. The molecule has 0 bridgehead atoms. The molecule has 1 aromatic carbocycles. The van der Waals surface area contributed by atoms with E-state index in [1.807, 2.05) is 0 Å². The number of hydrogen-bond acceptors (Lipinski definition) is 4. The van der Waals surface area contributed by atoms with E-state index >= 15 is 0 Å². The zero-order chi connectivity index (χ0) is 14.4. The van der Waals surface area contributed by atoms with Gasteiger partial charge in [-0.3, -0.25) is 4.79 Å². The minimum atomic E-state index is -0.361. The molecule has 7 heteroatoms. The molecule has 0 aliphatic carbocycles. The van der Waals surface area contributed by atoms with Crippen LogP contribution in [0.2, 0.25) is 0 Å². The lowest BCUT2D eigenvalue weighted by Crippen LogP contribution is -2.26. The van der Waals surface area contributed by atoms with E-state index in [1.54, 1.807) is 12.3 Å². The molecule has 20 heavy (non-hydrogen) atoms. The lowest BCUT2D eigenvalue weighted by molar-refractivity contribution is 0.0937. The van der Waals surface area contributed by atoms with Crippen molar-refractivity contribution in [1.82, 2.24) is 15.1 Å². The normalized spacial score (nSPS) is 10.3. The number of halogens is 1. The number of benzene rings is 1. The molecule has 0 atom stereocenters. The first-order valence-electron chi connectivity index (χ1n) is 6.00. The van der Waals surface area contributed by atoms with Gasteiger partial charge in [0.1, 0.15) is 17.3 Å². The van der Waals surface area contributed by atoms with Crippen molar-refractivity contribution in [3.05, 3.63) is 48.0 Å². The molecular weight excluding hydrogens is 265 g/mol. The molecule has 2 N–H and O–H groups in total. The van der Waals surface area contributed by atoms with Gasteiger partial charge >= 0.3 is 0 Å². The fourth-order valence-electron chi connectivity index (χ4n) is 1.49. The predicted octanol–water partition coefficient (Wildman–Crippen LogP) is 0.781. The lowest BCUT2D eigenvalue weighted by atomic mass is 10.3. The molecule has 0 saturated carbocycles. The number of hydrogen-bond donors (Lipinski definition) is 2. The highest BCUT2D eigenvalue weighted by atomic mass is 19.1. The molecule has 2 rings (SSSR count). The topological polar surface area (TPSA) is 76.4 Å². The smallest absolute Gasteiger partial charge is 0.271 e. The number of ether oxygens (including phenoxy) is 1. The number of rotatable bonds is 6. The van der Waals surface area contributed by atoms with E-state index in [-0.39, 0.29) is 37.3 Å². The van der Waals surface area contributed by atoms with Crippen LogP contribution in [0.4, 0.5) is 4.39 Å². The van der Waals surface area contributed by atoms with E-state index in [0.29, 0.717) is 5.75 Å². The standard InChI is InChI=1S/C13H14FN3O3/c14-10-1-3-11(4-2-10)20-9-17-7-5-12(16-17)13(19)15-6-8-18/h1-5,7,18H,6,8-9H2,(H,15,19). The molecule has 2 aromatic rings. The van der Waals surface area contributed by atoms with Gasteiger partial charge in [0, 0.05) is 12.7 Å². The molecule has 0 radical (unpaired) electrons. The number of aromatic nitrogens is 2. The van der Waals surface area contributed by atoms with Crippen LogP contribution in [0.5, 0.6) is 5.75 Å². The Bertz CT molecular complexity index is 568. The molecule has 0 fully saturated rings. The SMILES string of the molecule is O=C(NCCO)c1ccn(COc2ccc(F)cc2)n1. The third kappa shape index (κ3) is 3.79.